The van der Waals surface area contributed by atoms with Crippen LogP contribution in [0.5, 0.6) is 0 Å². The zero-order valence-corrected chi connectivity index (χ0v) is 10.3. The van der Waals surface area contributed by atoms with Gasteiger partial charge in [-0.1, -0.05) is 24.3 Å². The summed E-state index contributed by atoms with van der Waals surface area (Å²) >= 11 is 0. The molecule has 1 unspecified atom stereocenters. The molecule has 1 saturated carbocycles. The van der Waals surface area contributed by atoms with Gasteiger partial charge in [-0.25, -0.2) is 0 Å². The van der Waals surface area contributed by atoms with Gasteiger partial charge in [-0.05, 0) is 24.0 Å². The molecular weight excluding hydrogens is 228 g/mol. The fourth-order valence-electron chi connectivity index (χ4n) is 2.27. The molecule has 1 atom stereocenters. The minimum absolute atomic E-state index is 0.0838. The molecule has 1 aromatic rings. The minimum Gasteiger partial charge on any atom is -0.375 e. The second kappa shape index (κ2) is 5.08. The largest absolute Gasteiger partial charge is 0.375 e. The Balaban J connectivity index is 1.58. The molecule has 18 heavy (non-hydrogen) atoms. The first-order valence-electron chi connectivity index (χ1n) is 6.51. The van der Waals surface area contributed by atoms with Crippen molar-refractivity contribution < 1.29 is 9.53 Å². The number of benzene rings is 1. The van der Waals surface area contributed by atoms with Crippen LogP contribution in [-0.2, 0) is 16.1 Å². The van der Waals surface area contributed by atoms with Crippen LogP contribution in [0.25, 0.3) is 0 Å². The molecule has 0 bridgehead atoms. The first-order valence-corrected chi connectivity index (χ1v) is 6.51. The summed E-state index contributed by atoms with van der Waals surface area (Å²) in [5.41, 5.74) is 2.46. The van der Waals surface area contributed by atoms with Crippen LogP contribution in [0.4, 0.5) is 0 Å². The first kappa shape index (κ1) is 11.7. The molecule has 1 aliphatic carbocycles. The molecular formula is C14H18N2O2. The van der Waals surface area contributed by atoms with Gasteiger partial charge in [0.15, 0.2) is 0 Å². The lowest BCUT2D eigenvalue weighted by molar-refractivity contribution is -0.120. The highest BCUT2D eigenvalue weighted by atomic mass is 16.5. The number of ether oxygens (including phenoxy) is 1. The zero-order chi connectivity index (χ0) is 12.4. The molecule has 0 radical (unpaired) electrons. The number of nitrogens with one attached hydrogen (secondary N) is 2. The predicted octanol–water partition coefficient (Wildman–Crippen LogP) is 1.13. The average molecular weight is 246 g/mol. The summed E-state index contributed by atoms with van der Waals surface area (Å²) < 4.78 is 5.54. The van der Waals surface area contributed by atoms with Gasteiger partial charge in [-0.3, -0.25) is 10.1 Å². The number of fused-ring (bicyclic) bond motifs is 1. The van der Waals surface area contributed by atoms with Gasteiger partial charge in [-0.15, -0.1) is 0 Å². The molecule has 1 amide bonds. The zero-order valence-electron chi connectivity index (χ0n) is 10.3. The highest BCUT2D eigenvalue weighted by Gasteiger charge is 2.24. The maximum atomic E-state index is 11.6. The van der Waals surface area contributed by atoms with Crippen molar-refractivity contribution in [2.45, 2.75) is 31.5 Å². The average Bonchev–Trinajstić information content (AvgIpc) is 3.20. The molecule has 96 valence electrons. The van der Waals surface area contributed by atoms with Crippen molar-refractivity contribution in [2.24, 2.45) is 0 Å². The van der Waals surface area contributed by atoms with Crippen molar-refractivity contribution in [1.82, 2.24) is 10.6 Å². The van der Waals surface area contributed by atoms with Gasteiger partial charge in [0.25, 0.3) is 0 Å². The lowest BCUT2D eigenvalue weighted by Gasteiger charge is -2.26. The molecule has 1 heterocycles. The van der Waals surface area contributed by atoms with E-state index >= 15 is 0 Å². The van der Waals surface area contributed by atoms with E-state index in [-0.39, 0.29) is 11.9 Å². The molecule has 4 heteroatoms. The number of hydrogen-bond acceptors (Lipinski definition) is 3. The summed E-state index contributed by atoms with van der Waals surface area (Å²) in [7, 11) is 0. The van der Waals surface area contributed by atoms with Gasteiger partial charge in [0.05, 0.1) is 25.8 Å². The topological polar surface area (TPSA) is 50.4 Å². The minimum atomic E-state index is 0.0838. The summed E-state index contributed by atoms with van der Waals surface area (Å²) in [4.78, 5) is 11.6. The van der Waals surface area contributed by atoms with Crippen molar-refractivity contribution in [1.29, 1.82) is 0 Å². The van der Waals surface area contributed by atoms with Gasteiger partial charge in [0.1, 0.15) is 0 Å². The van der Waals surface area contributed by atoms with E-state index in [1.807, 2.05) is 12.1 Å². The summed E-state index contributed by atoms with van der Waals surface area (Å²) in [5.74, 6) is 0.0838. The molecule has 1 aromatic carbocycles. The van der Waals surface area contributed by atoms with Crippen LogP contribution in [0.15, 0.2) is 24.3 Å². The molecule has 2 N–H and O–H groups in total. The van der Waals surface area contributed by atoms with Crippen LogP contribution >= 0.6 is 0 Å². The fourth-order valence-corrected chi connectivity index (χ4v) is 2.27. The number of carbonyl (C=O) groups is 1. The Labute approximate surface area is 107 Å². The summed E-state index contributed by atoms with van der Waals surface area (Å²) in [5, 5.41) is 6.25. The summed E-state index contributed by atoms with van der Waals surface area (Å²) in [6, 6.07) is 8.78. The first-order chi connectivity index (χ1) is 8.83. The van der Waals surface area contributed by atoms with Crippen LogP contribution in [0.2, 0.25) is 0 Å². The fraction of sp³-hybridized carbons (Fsp3) is 0.500. The quantitative estimate of drug-likeness (QED) is 0.837. The Bertz CT molecular complexity index is 443. The van der Waals surface area contributed by atoms with Gasteiger partial charge in [-0.2, -0.15) is 0 Å². The Morgan fingerprint density at radius 3 is 3.00 bits per heavy atom. The van der Waals surface area contributed by atoms with Crippen molar-refractivity contribution in [2.75, 3.05) is 13.2 Å². The molecule has 0 saturated heterocycles. The lowest BCUT2D eigenvalue weighted by atomic mass is 9.99. The molecule has 3 rings (SSSR count). The van der Waals surface area contributed by atoms with Crippen LogP contribution in [0.1, 0.15) is 30.0 Å². The maximum Gasteiger partial charge on any atom is 0.234 e. The van der Waals surface area contributed by atoms with E-state index < -0.39 is 0 Å². The Morgan fingerprint density at radius 2 is 2.17 bits per heavy atom. The Hall–Kier alpha value is -1.39. The van der Waals surface area contributed by atoms with Gasteiger partial charge < -0.3 is 10.1 Å². The number of amides is 1. The van der Waals surface area contributed by atoms with Crippen molar-refractivity contribution in [3.05, 3.63) is 35.4 Å². The SMILES string of the molecule is O=C(CNC1COCc2ccccc21)NC1CC1. The second-order valence-corrected chi connectivity index (χ2v) is 4.99. The van der Waals surface area contributed by atoms with E-state index in [1.165, 1.54) is 11.1 Å². The molecule has 1 aliphatic heterocycles. The van der Waals surface area contributed by atoms with Gasteiger partial charge >= 0.3 is 0 Å². The Kier molecular flexibility index (Phi) is 3.30. The number of carbonyl (C=O) groups excluding carboxylic acids is 1. The Morgan fingerprint density at radius 1 is 1.33 bits per heavy atom. The van der Waals surface area contributed by atoms with E-state index in [1.54, 1.807) is 0 Å². The third-order valence-corrected chi connectivity index (χ3v) is 3.42. The van der Waals surface area contributed by atoms with Crippen molar-refractivity contribution in [3.8, 4) is 0 Å². The van der Waals surface area contributed by atoms with E-state index in [0.717, 1.165) is 12.8 Å². The molecule has 4 nitrogen and oxygen atoms in total. The number of rotatable bonds is 4. The highest BCUT2D eigenvalue weighted by molar-refractivity contribution is 5.78. The van der Waals surface area contributed by atoms with Crippen LogP contribution in [0.3, 0.4) is 0 Å². The lowest BCUT2D eigenvalue weighted by Crippen LogP contribution is -2.39. The van der Waals surface area contributed by atoms with Crippen molar-refractivity contribution >= 4 is 5.91 Å². The normalized spacial score (nSPS) is 22.3. The number of hydrogen-bond donors (Lipinski definition) is 2. The van der Waals surface area contributed by atoms with Crippen LogP contribution in [-0.4, -0.2) is 25.1 Å². The predicted molar refractivity (Wildman–Crippen MR) is 68.0 cm³/mol. The van der Waals surface area contributed by atoms with E-state index in [4.69, 9.17) is 4.74 Å². The standard InChI is InChI=1S/C14H18N2O2/c17-14(16-11-5-6-11)7-15-13-9-18-8-10-3-1-2-4-12(10)13/h1-4,11,13,15H,5-9H2,(H,16,17). The van der Waals surface area contributed by atoms with Crippen molar-refractivity contribution in [3.63, 3.8) is 0 Å². The molecule has 1 fully saturated rings. The smallest absolute Gasteiger partial charge is 0.234 e. The van der Waals surface area contributed by atoms with Crippen LogP contribution in [0, 0.1) is 0 Å². The summed E-state index contributed by atoms with van der Waals surface area (Å²) in [6.45, 7) is 1.66. The third-order valence-electron chi connectivity index (χ3n) is 3.42. The second-order valence-electron chi connectivity index (χ2n) is 4.99. The highest BCUT2D eigenvalue weighted by Crippen LogP contribution is 2.24. The molecule has 2 aliphatic rings. The van der Waals surface area contributed by atoms with Crippen LogP contribution < -0.4 is 10.6 Å². The molecule has 0 spiro atoms. The maximum absolute atomic E-state index is 11.6. The third kappa shape index (κ3) is 2.71. The summed E-state index contributed by atoms with van der Waals surface area (Å²) in [6.07, 6.45) is 2.25. The monoisotopic (exact) mass is 246 g/mol. The van der Waals surface area contributed by atoms with E-state index in [9.17, 15) is 4.79 Å². The van der Waals surface area contributed by atoms with Gasteiger partial charge in [0, 0.05) is 6.04 Å². The van der Waals surface area contributed by atoms with E-state index in [0.29, 0.717) is 25.8 Å². The van der Waals surface area contributed by atoms with Gasteiger partial charge in [0.2, 0.25) is 5.91 Å². The van der Waals surface area contributed by atoms with E-state index in [2.05, 4.69) is 22.8 Å². The molecule has 0 aromatic heterocycles.